The van der Waals surface area contributed by atoms with Crippen molar-refractivity contribution >= 4 is 28.8 Å². The third-order valence-electron chi connectivity index (χ3n) is 4.74. The van der Waals surface area contributed by atoms with Crippen LogP contribution in [0.2, 0.25) is 0 Å². The molecule has 5 nitrogen and oxygen atoms in total. The van der Waals surface area contributed by atoms with Gasteiger partial charge in [-0.05, 0) is 31.2 Å². The Balaban J connectivity index is 1.77. The molecule has 0 aliphatic heterocycles. The van der Waals surface area contributed by atoms with E-state index >= 15 is 0 Å². The second kappa shape index (κ2) is 7.64. The summed E-state index contributed by atoms with van der Waals surface area (Å²) in [5.41, 5.74) is 4.25. The van der Waals surface area contributed by atoms with E-state index in [1.165, 1.54) is 0 Å². The van der Waals surface area contributed by atoms with Crippen LogP contribution in [0.25, 0.3) is 5.76 Å². The smallest absolute Gasteiger partial charge is 0.261 e. The molecule has 0 unspecified atom stereocenters. The fourth-order valence-electron chi connectivity index (χ4n) is 3.25. The van der Waals surface area contributed by atoms with E-state index in [0.717, 1.165) is 5.56 Å². The zero-order valence-electron chi connectivity index (χ0n) is 16.1. The van der Waals surface area contributed by atoms with Crippen LogP contribution >= 0.6 is 0 Å². The van der Waals surface area contributed by atoms with Gasteiger partial charge in [0.25, 0.3) is 5.91 Å². The molecule has 0 bridgehead atoms. The number of hydrogen-bond donors (Lipinski definition) is 2. The summed E-state index contributed by atoms with van der Waals surface area (Å²) in [5.74, 6) is 0.174. The molecule has 1 amide bonds. The van der Waals surface area contributed by atoms with E-state index in [1.807, 2.05) is 67.6 Å². The fraction of sp³-hybridized carbons (Fsp3) is 0.0833. The highest BCUT2D eigenvalue weighted by atomic mass is 16.5. The van der Waals surface area contributed by atoms with Gasteiger partial charge in [0.2, 0.25) is 0 Å². The maximum atomic E-state index is 13.1. The first-order valence-corrected chi connectivity index (χ1v) is 9.21. The summed E-state index contributed by atoms with van der Waals surface area (Å²) in [6.45, 7) is 1.98. The molecule has 0 heterocycles. The van der Waals surface area contributed by atoms with E-state index in [4.69, 9.17) is 4.74 Å². The van der Waals surface area contributed by atoms with Crippen LogP contribution < -0.4 is 10.1 Å². The molecule has 0 aromatic heterocycles. The first-order valence-electron chi connectivity index (χ1n) is 9.21. The van der Waals surface area contributed by atoms with Crippen molar-refractivity contribution in [2.45, 2.75) is 6.92 Å². The number of hydrogen-bond acceptors (Lipinski definition) is 4. The molecule has 0 saturated carbocycles. The van der Waals surface area contributed by atoms with E-state index in [0.29, 0.717) is 34.0 Å². The summed E-state index contributed by atoms with van der Waals surface area (Å²) >= 11 is 0. The highest BCUT2D eigenvalue weighted by molar-refractivity contribution is 6.38. The van der Waals surface area contributed by atoms with Crippen molar-refractivity contribution in [3.63, 3.8) is 0 Å². The average Bonchev–Trinajstić information content (AvgIpc) is 3.02. The number of ether oxygens (including phenoxy) is 1. The Labute approximate surface area is 169 Å². The summed E-state index contributed by atoms with van der Waals surface area (Å²) in [5, 5.41) is 13.6. The number of fused-ring (bicyclic) bond motifs is 1. The molecule has 29 heavy (non-hydrogen) atoms. The normalized spacial score (nSPS) is 14.1. The largest absolute Gasteiger partial charge is 0.506 e. The lowest BCUT2D eigenvalue weighted by Crippen LogP contribution is -2.19. The second-order valence-electron chi connectivity index (χ2n) is 6.75. The summed E-state index contributed by atoms with van der Waals surface area (Å²) in [6.07, 6.45) is 0. The van der Waals surface area contributed by atoms with Gasteiger partial charge in [-0.1, -0.05) is 48.0 Å². The second-order valence-corrected chi connectivity index (χ2v) is 6.75. The first kappa shape index (κ1) is 18.5. The van der Waals surface area contributed by atoms with Crippen molar-refractivity contribution in [1.82, 2.24) is 0 Å². The Morgan fingerprint density at radius 1 is 0.966 bits per heavy atom. The molecule has 0 atom stereocenters. The number of aliphatic hydroxyl groups excluding tert-OH is 1. The lowest BCUT2D eigenvalue weighted by atomic mass is 10.1. The summed E-state index contributed by atoms with van der Waals surface area (Å²) < 4.78 is 5.26. The molecule has 0 fully saturated rings. The molecular weight excluding hydrogens is 364 g/mol. The minimum atomic E-state index is -0.413. The number of carbonyl (C=O) groups is 1. The number of aryl methyl sites for hydroxylation is 1. The Morgan fingerprint density at radius 2 is 1.69 bits per heavy atom. The van der Waals surface area contributed by atoms with Crippen molar-refractivity contribution in [3.8, 4) is 5.75 Å². The van der Waals surface area contributed by atoms with Gasteiger partial charge in [0.05, 0.1) is 18.5 Å². The van der Waals surface area contributed by atoms with Crippen LogP contribution in [0.5, 0.6) is 5.75 Å². The van der Waals surface area contributed by atoms with Crippen LogP contribution in [0, 0.1) is 6.92 Å². The van der Waals surface area contributed by atoms with Crippen LogP contribution in [0.3, 0.4) is 0 Å². The summed E-state index contributed by atoms with van der Waals surface area (Å²) in [6, 6.07) is 22.0. The molecule has 3 aromatic rings. The van der Waals surface area contributed by atoms with E-state index in [2.05, 4.69) is 10.3 Å². The molecule has 4 rings (SSSR count). The van der Waals surface area contributed by atoms with Gasteiger partial charge in [0, 0.05) is 22.9 Å². The zero-order valence-corrected chi connectivity index (χ0v) is 16.1. The van der Waals surface area contributed by atoms with E-state index in [9.17, 15) is 9.90 Å². The number of benzene rings is 3. The minimum absolute atomic E-state index is 0.0770. The Hall–Kier alpha value is -3.86. The van der Waals surface area contributed by atoms with Crippen LogP contribution in [-0.2, 0) is 4.79 Å². The van der Waals surface area contributed by atoms with Crippen molar-refractivity contribution in [1.29, 1.82) is 0 Å². The van der Waals surface area contributed by atoms with Crippen LogP contribution in [-0.4, -0.2) is 23.8 Å². The number of rotatable bonds is 4. The highest BCUT2D eigenvalue weighted by Crippen LogP contribution is 2.34. The number of aliphatic imine (C=N–C) groups is 1. The lowest BCUT2D eigenvalue weighted by Gasteiger charge is -2.09. The Morgan fingerprint density at radius 3 is 2.41 bits per heavy atom. The van der Waals surface area contributed by atoms with Gasteiger partial charge in [-0.2, -0.15) is 0 Å². The van der Waals surface area contributed by atoms with E-state index < -0.39 is 5.91 Å². The number of carbonyl (C=O) groups excluding carboxylic acids is 1. The van der Waals surface area contributed by atoms with Crippen LogP contribution in [0.15, 0.2) is 83.4 Å². The topological polar surface area (TPSA) is 70.9 Å². The monoisotopic (exact) mass is 384 g/mol. The van der Waals surface area contributed by atoms with Crippen molar-refractivity contribution in [3.05, 3.63) is 95.1 Å². The summed E-state index contributed by atoms with van der Waals surface area (Å²) in [7, 11) is 1.59. The van der Waals surface area contributed by atoms with Gasteiger partial charge in [0.15, 0.2) is 0 Å². The Kier molecular flexibility index (Phi) is 4.87. The fourth-order valence-corrected chi connectivity index (χ4v) is 3.25. The van der Waals surface area contributed by atoms with Gasteiger partial charge < -0.3 is 15.2 Å². The zero-order chi connectivity index (χ0) is 20.4. The number of amides is 1. The molecular formula is C24H20N2O3. The number of methoxy groups -OCH3 is 1. The number of aliphatic hydroxyl groups is 1. The molecule has 1 aliphatic rings. The molecule has 3 aromatic carbocycles. The van der Waals surface area contributed by atoms with Crippen LogP contribution in [0.1, 0.15) is 16.7 Å². The highest BCUT2D eigenvalue weighted by Gasteiger charge is 2.32. The van der Waals surface area contributed by atoms with Crippen molar-refractivity contribution in [2.24, 2.45) is 4.99 Å². The van der Waals surface area contributed by atoms with E-state index in [1.54, 1.807) is 19.2 Å². The Bertz CT molecular complexity index is 1140. The number of nitrogens with one attached hydrogen (secondary N) is 1. The predicted molar refractivity (Wildman–Crippen MR) is 115 cm³/mol. The predicted octanol–water partition coefficient (Wildman–Crippen LogP) is 5.05. The van der Waals surface area contributed by atoms with Gasteiger partial charge in [-0.25, -0.2) is 4.99 Å². The van der Waals surface area contributed by atoms with Crippen molar-refractivity contribution < 1.29 is 14.6 Å². The molecule has 0 radical (unpaired) electrons. The van der Waals surface area contributed by atoms with E-state index in [-0.39, 0.29) is 11.3 Å². The third-order valence-corrected chi connectivity index (χ3v) is 4.74. The SMILES string of the molecule is COc1cccc(N=C2C(C(=O)Nc3ccc(C)cc3)=C(O)c3ccccc32)c1. The third kappa shape index (κ3) is 3.62. The molecule has 5 heteroatoms. The lowest BCUT2D eigenvalue weighted by molar-refractivity contribution is -0.112. The van der Waals surface area contributed by atoms with Crippen LogP contribution in [0.4, 0.5) is 11.4 Å². The average molecular weight is 384 g/mol. The minimum Gasteiger partial charge on any atom is -0.506 e. The van der Waals surface area contributed by atoms with Gasteiger partial charge in [0.1, 0.15) is 17.1 Å². The molecule has 144 valence electrons. The summed E-state index contributed by atoms with van der Waals surface area (Å²) in [4.78, 5) is 17.7. The number of nitrogens with zero attached hydrogens (tertiary/aromatic N) is 1. The molecule has 0 spiro atoms. The maximum absolute atomic E-state index is 13.1. The maximum Gasteiger partial charge on any atom is 0.261 e. The van der Waals surface area contributed by atoms with Gasteiger partial charge in [-0.15, -0.1) is 0 Å². The van der Waals surface area contributed by atoms with Crippen molar-refractivity contribution in [2.75, 3.05) is 12.4 Å². The molecule has 0 saturated heterocycles. The molecule has 1 aliphatic carbocycles. The first-order chi connectivity index (χ1) is 14.1. The quantitative estimate of drug-likeness (QED) is 0.661. The molecule has 2 N–H and O–H groups in total. The van der Waals surface area contributed by atoms with Gasteiger partial charge >= 0.3 is 0 Å². The van der Waals surface area contributed by atoms with Gasteiger partial charge in [-0.3, -0.25) is 4.79 Å². The standard InChI is InChI=1S/C24H20N2O3/c1-15-10-12-16(13-11-15)26-24(28)21-22(19-8-3-4-9-20(19)23(21)27)25-17-6-5-7-18(14-17)29-2/h3-14,27H,1-2H3,(H,26,28). The number of anilines is 1.